The Hall–Kier alpha value is -1.88. The Balaban J connectivity index is 2.20. The summed E-state index contributed by atoms with van der Waals surface area (Å²) in [7, 11) is 0. The van der Waals surface area contributed by atoms with Gasteiger partial charge in [0.2, 0.25) is 0 Å². The molecule has 0 bridgehead atoms. The van der Waals surface area contributed by atoms with Crippen molar-refractivity contribution in [3.8, 4) is 5.75 Å². The van der Waals surface area contributed by atoms with Crippen LogP contribution in [0.15, 0.2) is 42.5 Å². The van der Waals surface area contributed by atoms with Gasteiger partial charge in [0.25, 0.3) is 5.91 Å². The number of alkyl halides is 1. The lowest BCUT2D eigenvalue weighted by molar-refractivity contribution is 0.102. The van der Waals surface area contributed by atoms with Crippen molar-refractivity contribution >= 4 is 27.5 Å². The fourth-order valence-electron chi connectivity index (χ4n) is 1.90. The topological polar surface area (TPSA) is 38.3 Å². The molecule has 110 valence electrons. The summed E-state index contributed by atoms with van der Waals surface area (Å²) in [6.07, 6.45) is 0. The van der Waals surface area contributed by atoms with E-state index in [0.717, 1.165) is 11.3 Å². The summed E-state index contributed by atoms with van der Waals surface area (Å²) in [5.41, 5.74) is 1.54. The van der Waals surface area contributed by atoms with Crippen molar-refractivity contribution in [3.63, 3.8) is 0 Å². The summed E-state index contributed by atoms with van der Waals surface area (Å²) in [6, 6.07) is 11.2. The lowest BCUT2D eigenvalue weighted by Crippen LogP contribution is -2.13. The molecule has 0 heterocycles. The minimum absolute atomic E-state index is 0.0202. The number of hydrogen-bond donors (Lipinski definition) is 1. The second-order valence-electron chi connectivity index (χ2n) is 4.32. The molecule has 0 spiro atoms. The summed E-state index contributed by atoms with van der Waals surface area (Å²) in [5, 5.41) is 3.29. The molecule has 21 heavy (non-hydrogen) atoms. The van der Waals surface area contributed by atoms with E-state index < -0.39 is 11.7 Å². The molecule has 2 rings (SSSR count). The molecule has 0 fully saturated rings. The normalized spacial score (nSPS) is 10.2. The monoisotopic (exact) mass is 351 g/mol. The number of benzene rings is 2. The van der Waals surface area contributed by atoms with Crippen molar-refractivity contribution in [2.75, 3.05) is 11.9 Å². The lowest BCUT2D eigenvalue weighted by Gasteiger charge is -2.11. The first kappa shape index (κ1) is 15.5. The summed E-state index contributed by atoms with van der Waals surface area (Å²) in [5.74, 6) is -0.252. The van der Waals surface area contributed by atoms with Gasteiger partial charge in [-0.05, 0) is 37.3 Å². The Kier molecular flexibility index (Phi) is 5.33. The van der Waals surface area contributed by atoms with Crippen molar-refractivity contribution in [3.05, 3.63) is 59.4 Å². The number of carbonyl (C=O) groups excluding carboxylic acids is 1. The first-order chi connectivity index (χ1) is 10.2. The molecule has 0 saturated carbocycles. The van der Waals surface area contributed by atoms with Gasteiger partial charge in [-0.3, -0.25) is 4.79 Å². The van der Waals surface area contributed by atoms with E-state index in [-0.39, 0.29) is 5.56 Å². The fourth-order valence-corrected chi connectivity index (χ4v) is 2.34. The molecule has 0 aliphatic carbocycles. The molecule has 0 aliphatic heterocycles. The van der Waals surface area contributed by atoms with Crippen molar-refractivity contribution in [1.82, 2.24) is 0 Å². The maximum Gasteiger partial charge on any atom is 0.258 e. The zero-order valence-electron chi connectivity index (χ0n) is 11.5. The summed E-state index contributed by atoms with van der Waals surface area (Å²) in [4.78, 5) is 12.1. The number of halogens is 2. The molecule has 0 atom stereocenters. The van der Waals surface area contributed by atoms with Crippen LogP contribution < -0.4 is 10.1 Å². The molecular formula is C16H15BrFNO2. The molecule has 0 aliphatic rings. The Morgan fingerprint density at radius 2 is 2.05 bits per heavy atom. The van der Waals surface area contributed by atoms with Crippen molar-refractivity contribution in [1.29, 1.82) is 0 Å². The molecule has 3 nitrogen and oxygen atoms in total. The Bertz CT molecular complexity index is 646. The van der Waals surface area contributed by atoms with Crippen molar-refractivity contribution < 1.29 is 13.9 Å². The van der Waals surface area contributed by atoms with Gasteiger partial charge in [-0.25, -0.2) is 4.39 Å². The van der Waals surface area contributed by atoms with Gasteiger partial charge in [0.1, 0.15) is 11.6 Å². The molecule has 0 radical (unpaired) electrons. The van der Waals surface area contributed by atoms with Gasteiger partial charge in [0.05, 0.1) is 12.2 Å². The van der Waals surface area contributed by atoms with E-state index in [4.69, 9.17) is 4.74 Å². The van der Waals surface area contributed by atoms with Crippen LogP contribution in [0.1, 0.15) is 22.8 Å². The molecule has 1 amide bonds. The number of ether oxygens (including phenoxy) is 1. The van der Waals surface area contributed by atoms with E-state index >= 15 is 0 Å². The van der Waals surface area contributed by atoms with Crippen LogP contribution in [-0.4, -0.2) is 12.5 Å². The first-order valence-electron chi connectivity index (χ1n) is 6.53. The average Bonchev–Trinajstić information content (AvgIpc) is 2.49. The van der Waals surface area contributed by atoms with Crippen molar-refractivity contribution in [2.45, 2.75) is 12.3 Å². The fraction of sp³-hybridized carbons (Fsp3) is 0.188. The van der Waals surface area contributed by atoms with Gasteiger partial charge in [-0.2, -0.15) is 0 Å². The minimum atomic E-state index is -0.540. The molecule has 0 aromatic heterocycles. The third-order valence-electron chi connectivity index (χ3n) is 2.88. The molecule has 5 heteroatoms. The van der Waals surface area contributed by atoms with Gasteiger partial charge in [-0.15, -0.1) is 0 Å². The van der Waals surface area contributed by atoms with E-state index in [2.05, 4.69) is 21.2 Å². The Labute approximate surface area is 131 Å². The maximum atomic E-state index is 13.6. The highest BCUT2D eigenvalue weighted by atomic mass is 79.9. The standard InChI is InChI=1S/C16H15BrFNO2/c1-2-21-15-8-7-12(9-11(15)10-17)19-16(20)13-5-3-4-6-14(13)18/h3-9H,2,10H2,1H3,(H,19,20). The van der Waals surface area contributed by atoms with Crippen LogP contribution >= 0.6 is 15.9 Å². The van der Waals surface area contributed by atoms with Crippen LogP contribution in [-0.2, 0) is 5.33 Å². The number of rotatable bonds is 5. The third kappa shape index (κ3) is 3.82. The van der Waals surface area contributed by atoms with Gasteiger partial charge in [0, 0.05) is 16.6 Å². The van der Waals surface area contributed by atoms with Gasteiger partial charge < -0.3 is 10.1 Å². The lowest BCUT2D eigenvalue weighted by atomic mass is 10.1. The SMILES string of the molecule is CCOc1ccc(NC(=O)c2ccccc2F)cc1CBr. The highest BCUT2D eigenvalue weighted by Crippen LogP contribution is 2.25. The second kappa shape index (κ2) is 7.22. The number of anilines is 1. The van der Waals surface area contributed by atoms with Crippen LogP contribution in [0.3, 0.4) is 0 Å². The minimum Gasteiger partial charge on any atom is -0.494 e. The first-order valence-corrected chi connectivity index (χ1v) is 7.65. The number of amides is 1. The molecule has 1 N–H and O–H groups in total. The molecule has 0 saturated heterocycles. The van der Waals surface area contributed by atoms with Crippen molar-refractivity contribution in [2.24, 2.45) is 0 Å². The molecule has 2 aromatic carbocycles. The van der Waals surface area contributed by atoms with Gasteiger partial charge in [0.15, 0.2) is 0 Å². The van der Waals surface area contributed by atoms with E-state index in [9.17, 15) is 9.18 Å². The predicted octanol–water partition coefficient (Wildman–Crippen LogP) is 4.37. The molecule has 2 aromatic rings. The van der Waals surface area contributed by atoms with E-state index in [1.54, 1.807) is 30.3 Å². The Morgan fingerprint density at radius 1 is 1.29 bits per heavy atom. The third-order valence-corrected chi connectivity index (χ3v) is 3.48. The number of nitrogens with one attached hydrogen (secondary N) is 1. The van der Waals surface area contributed by atoms with Gasteiger partial charge in [-0.1, -0.05) is 28.1 Å². The zero-order chi connectivity index (χ0) is 15.2. The summed E-state index contributed by atoms with van der Waals surface area (Å²) < 4.78 is 19.1. The smallest absolute Gasteiger partial charge is 0.258 e. The quantitative estimate of drug-likeness (QED) is 0.812. The maximum absolute atomic E-state index is 13.6. The summed E-state index contributed by atoms with van der Waals surface area (Å²) >= 11 is 3.38. The highest BCUT2D eigenvalue weighted by Gasteiger charge is 2.12. The van der Waals surface area contributed by atoms with Crippen LogP contribution in [0.4, 0.5) is 10.1 Å². The van der Waals surface area contributed by atoms with E-state index in [0.29, 0.717) is 17.6 Å². The average molecular weight is 352 g/mol. The number of hydrogen-bond acceptors (Lipinski definition) is 2. The van der Waals surface area contributed by atoms with Gasteiger partial charge >= 0.3 is 0 Å². The van der Waals surface area contributed by atoms with E-state index in [1.807, 2.05) is 6.92 Å². The molecule has 0 unspecified atom stereocenters. The molecular weight excluding hydrogens is 337 g/mol. The van der Waals surface area contributed by atoms with Crippen LogP contribution in [0.5, 0.6) is 5.75 Å². The predicted molar refractivity (Wildman–Crippen MR) is 84.6 cm³/mol. The Morgan fingerprint density at radius 3 is 2.71 bits per heavy atom. The van der Waals surface area contributed by atoms with E-state index in [1.165, 1.54) is 12.1 Å². The largest absolute Gasteiger partial charge is 0.494 e. The number of carbonyl (C=O) groups is 1. The zero-order valence-corrected chi connectivity index (χ0v) is 13.1. The van der Waals surface area contributed by atoms with Crippen LogP contribution in [0.2, 0.25) is 0 Å². The highest BCUT2D eigenvalue weighted by molar-refractivity contribution is 9.08. The summed E-state index contributed by atoms with van der Waals surface area (Å²) in [6.45, 7) is 2.48. The van der Waals surface area contributed by atoms with Crippen LogP contribution in [0.25, 0.3) is 0 Å². The van der Waals surface area contributed by atoms with Crippen LogP contribution in [0, 0.1) is 5.82 Å². The second-order valence-corrected chi connectivity index (χ2v) is 4.88.